The zero-order chi connectivity index (χ0) is 11.4. The van der Waals surface area contributed by atoms with Crippen LogP contribution in [0.15, 0.2) is 16.5 Å². The summed E-state index contributed by atoms with van der Waals surface area (Å²) in [6.07, 6.45) is 2.48. The van der Waals surface area contributed by atoms with Gasteiger partial charge in [0.1, 0.15) is 11.5 Å². The Morgan fingerprint density at radius 2 is 2.38 bits per heavy atom. The highest BCUT2D eigenvalue weighted by Crippen LogP contribution is 2.15. The lowest BCUT2D eigenvalue weighted by Crippen LogP contribution is -2.32. The van der Waals surface area contributed by atoms with E-state index in [2.05, 4.69) is 23.2 Å². The lowest BCUT2D eigenvalue weighted by Gasteiger charge is -2.15. The third-order valence-electron chi connectivity index (χ3n) is 3.13. The van der Waals surface area contributed by atoms with Crippen LogP contribution in [0.4, 0.5) is 0 Å². The summed E-state index contributed by atoms with van der Waals surface area (Å²) >= 11 is 0. The highest BCUT2D eigenvalue weighted by Gasteiger charge is 2.22. The van der Waals surface area contributed by atoms with Crippen LogP contribution in [-0.2, 0) is 6.54 Å². The van der Waals surface area contributed by atoms with Crippen molar-refractivity contribution in [1.82, 2.24) is 10.2 Å². The molecule has 2 rings (SSSR count). The molecule has 1 fully saturated rings. The maximum Gasteiger partial charge on any atom is 0.118 e. The number of likely N-dealkylation sites (tertiary alicyclic amines) is 1. The molecular weight excluding hydrogens is 200 g/mol. The summed E-state index contributed by atoms with van der Waals surface area (Å²) < 4.78 is 5.60. The minimum atomic E-state index is 0.677. The molecule has 1 aromatic heterocycles. The van der Waals surface area contributed by atoms with Gasteiger partial charge in [0.2, 0.25) is 0 Å². The first kappa shape index (κ1) is 11.7. The van der Waals surface area contributed by atoms with Gasteiger partial charge in [-0.15, -0.1) is 0 Å². The van der Waals surface area contributed by atoms with E-state index in [0.717, 1.165) is 31.2 Å². The van der Waals surface area contributed by atoms with E-state index in [1.807, 2.05) is 13.0 Å². The van der Waals surface area contributed by atoms with Gasteiger partial charge in [-0.05, 0) is 38.4 Å². The fourth-order valence-electron chi connectivity index (χ4n) is 2.28. The number of hydrogen-bond donors (Lipinski definition) is 1. The normalized spacial score (nSPS) is 21.8. The fourth-order valence-corrected chi connectivity index (χ4v) is 2.28. The Morgan fingerprint density at radius 3 is 3.06 bits per heavy atom. The van der Waals surface area contributed by atoms with E-state index in [-0.39, 0.29) is 0 Å². The average Bonchev–Trinajstić information content (AvgIpc) is 2.86. The first-order valence-electron chi connectivity index (χ1n) is 6.29. The molecule has 0 saturated carbocycles. The molecule has 90 valence electrons. The van der Waals surface area contributed by atoms with E-state index in [1.54, 1.807) is 0 Å². The van der Waals surface area contributed by atoms with Gasteiger partial charge in [0.05, 0.1) is 6.54 Å². The Labute approximate surface area is 97.8 Å². The second kappa shape index (κ2) is 5.51. The Kier molecular flexibility index (Phi) is 4.02. The SMILES string of the molecule is CCCNC1CCN(Cc2ccc(C)o2)C1. The van der Waals surface area contributed by atoms with Crippen molar-refractivity contribution in [3.05, 3.63) is 23.7 Å². The molecule has 0 aliphatic carbocycles. The smallest absolute Gasteiger partial charge is 0.118 e. The number of furan rings is 1. The van der Waals surface area contributed by atoms with Crippen LogP contribution in [0.3, 0.4) is 0 Å². The number of aryl methyl sites for hydroxylation is 1. The Hall–Kier alpha value is -0.800. The second-order valence-corrected chi connectivity index (χ2v) is 4.69. The van der Waals surface area contributed by atoms with Crippen LogP contribution in [-0.4, -0.2) is 30.6 Å². The highest BCUT2D eigenvalue weighted by atomic mass is 16.3. The molecule has 0 radical (unpaired) electrons. The summed E-state index contributed by atoms with van der Waals surface area (Å²) in [5.74, 6) is 2.10. The molecule has 1 aromatic rings. The van der Waals surface area contributed by atoms with Crippen molar-refractivity contribution in [1.29, 1.82) is 0 Å². The molecule has 16 heavy (non-hydrogen) atoms. The van der Waals surface area contributed by atoms with E-state index in [1.165, 1.54) is 19.4 Å². The monoisotopic (exact) mass is 222 g/mol. The van der Waals surface area contributed by atoms with Gasteiger partial charge in [0.15, 0.2) is 0 Å². The maximum absolute atomic E-state index is 5.60. The molecule has 1 saturated heterocycles. The molecule has 0 aromatic carbocycles. The van der Waals surface area contributed by atoms with Crippen LogP contribution >= 0.6 is 0 Å². The molecule has 1 aliphatic rings. The quantitative estimate of drug-likeness (QED) is 0.827. The molecule has 1 atom stereocenters. The molecule has 1 N–H and O–H groups in total. The van der Waals surface area contributed by atoms with Crippen molar-refractivity contribution in [2.24, 2.45) is 0 Å². The molecule has 1 unspecified atom stereocenters. The van der Waals surface area contributed by atoms with Gasteiger partial charge in [-0.2, -0.15) is 0 Å². The largest absolute Gasteiger partial charge is 0.465 e. The molecule has 3 heteroatoms. The van der Waals surface area contributed by atoms with Crippen LogP contribution in [0, 0.1) is 6.92 Å². The standard InChI is InChI=1S/C13H22N2O/c1-3-7-14-12-6-8-15(9-12)10-13-5-4-11(2)16-13/h4-5,12,14H,3,6-10H2,1-2H3. The molecular formula is C13H22N2O. The molecule has 0 bridgehead atoms. The van der Waals surface area contributed by atoms with Gasteiger partial charge in [-0.1, -0.05) is 6.92 Å². The number of nitrogens with zero attached hydrogens (tertiary/aromatic N) is 1. The van der Waals surface area contributed by atoms with Gasteiger partial charge >= 0.3 is 0 Å². The van der Waals surface area contributed by atoms with Crippen molar-refractivity contribution in [2.75, 3.05) is 19.6 Å². The van der Waals surface area contributed by atoms with Gasteiger partial charge in [0.25, 0.3) is 0 Å². The molecule has 2 heterocycles. The summed E-state index contributed by atoms with van der Waals surface area (Å²) in [6, 6.07) is 4.80. The summed E-state index contributed by atoms with van der Waals surface area (Å²) in [5, 5.41) is 3.58. The van der Waals surface area contributed by atoms with Crippen molar-refractivity contribution in [3.63, 3.8) is 0 Å². The average molecular weight is 222 g/mol. The first-order chi connectivity index (χ1) is 7.78. The lowest BCUT2D eigenvalue weighted by atomic mass is 10.2. The van der Waals surface area contributed by atoms with Gasteiger partial charge < -0.3 is 9.73 Å². The van der Waals surface area contributed by atoms with Crippen LogP contribution < -0.4 is 5.32 Å². The van der Waals surface area contributed by atoms with Crippen molar-refractivity contribution in [2.45, 2.75) is 39.3 Å². The third-order valence-corrected chi connectivity index (χ3v) is 3.13. The van der Waals surface area contributed by atoms with E-state index in [9.17, 15) is 0 Å². The minimum Gasteiger partial charge on any atom is -0.465 e. The molecule has 1 aliphatic heterocycles. The Balaban J connectivity index is 1.76. The Bertz CT molecular complexity index is 321. The van der Waals surface area contributed by atoms with Crippen LogP contribution in [0.1, 0.15) is 31.3 Å². The molecule has 0 amide bonds. The summed E-state index contributed by atoms with van der Waals surface area (Å²) in [6.45, 7) is 8.64. The maximum atomic E-state index is 5.60. The molecule has 0 spiro atoms. The van der Waals surface area contributed by atoms with Crippen LogP contribution in [0.2, 0.25) is 0 Å². The van der Waals surface area contributed by atoms with Gasteiger partial charge in [-0.3, -0.25) is 4.90 Å². The Morgan fingerprint density at radius 1 is 1.50 bits per heavy atom. The third kappa shape index (κ3) is 3.09. The summed E-state index contributed by atoms with van der Waals surface area (Å²) in [7, 11) is 0. The number of rotatable bonds is 5. The second-order valence-electron chi connectivity index (χ2n) is 4.69. The minimum absolute atomic E-state index is 0.677. The van der Waals surface area contributed by atoms with Crippen molar-refractivity contribution >= 4 is 0 Å². The highest BCUT2D eigenvalue weighted by molar-refractivity contribution is 5.05. The van der Waals surface area contributed by atoms with Gasteiger partial charge in [-0.25, -0.2) is 0 Å². The van der Waals surface area contributed by atoms with Crippen molar-refractivity contribution < 1.29 is 4.42 Å². The van der Waals surface area contributed by atoms with Crippen molar-refractivity contribution in [3.8, 4) is 0 Å². The van der Waals surface area contributed by atoms with Crippen LogP contribution in [0.5, 0.6) is 0 Å². The van der Waals surface area contributed by atoms with E-state index in [4.69, 9.17) is 4.42 Å². The fraction of sp³-hybridized carbons (Fsp3) is 0.692. The predicted octanol–water partition coefficient (Wildman–Crippen LogP) is 2.16. The number of hydrogen-bond acceptors (Lipinski definition) is 3. The zero-order valence-electron chi connectivity index (χ0n) is 10.3. The zero-order valence-corrected chi connectivity index (χ0v) is 10.3. The summed E-state index contributed by atoms with van der Waals surface area (Å²) in [5.41, 5.74) is 0. The predicted molar refractivity (Wildman–Crippen MR) is 65.4 cm³/mol. The van der Waals surface area contributed by atoms with E-state index >= 15 is 0 Å². The molecule has 3 nitrogen and oxygen atoms in total. The van der Waals surface area contributed by atoms with E-state index < -0.39 is 0 Å². The lowest BCUT2D eigenvalue weighted by molar-refractivity contribution is 0.287. The first-order valence-corrected chi connectivity index (χ1v) is 6.29. The topological polar surface area (TPSA) is 28.4 Å². The van der Waals surface area contributed by atoms with Crippen LogP contribution in [0.25, 0.3) is 0 Å². The van der Waals surface area contributed by atoms with E-state index in [0.29, 0.717) is 6.04 Å². The number of nitrogens with one attached hydrogen (secondary N) is 1. The van der Waals surface area contributed by atoms with Gasteiger partial charge in [0, 0.05) is 19.1 Å². The summed E-state index contributed by atoms with van der Waals surface area (Å²) in [4.78, 5) is 2.46.